The van der Waals surface area contributed by atoms with Crippen molar-refractivity contribution < 1.29 is 9.53 Å². The largest absolute Gasteiger partial charge is 0.492 e. The van der Waals surface area contributed by atoms with E-state index in [4.69, 9.17) is 10.5 Å². The van der Waals surface area contributed by atoms with Gasteiger partial charge in [-0.15, -0.1) is 0 Å². The summed E-state index contributed by atoms with van der Waals surface area (Å²) in [4.78, 5) is 11.4. The zero-order valence-electron chi connectivity index (χ0n) is 10.6. The minimum absolute atomic E-state index is 0.176. The van der Waals surface area contributed by atoms with Crippen molar-refractivity contribution in [3.63, 3.8) is 0 Å². The van der Waals surface area contributed by atoms with Crippen molar-refractivity contribution in [2.45, 2.75) is 26.3 Å². The Bertz CT molecular complexity index is 383. The number of amides is 1. The van der Waals surface area contributed by atoms with Crippen molar-refractivity contribution >= 4 is 5.91 Å². The molecule has 0 spiro atoms. The molecule has 1 rings (SSSR count). The van der Waals surface area contributed by atoms with Gasteiger partial charge in [0.2, 0.25) is 5.91 Å². The van der Waals surface area contributed by atoms with Crippen molar-refractivity contribution in [1.29, 1.82) is 0 Å². The summed E-state index contributed by atoms with van der Waals surface area (Å²) in [5.74, 6) is 0.636. The predicted octanol–water partition coefficient (Wildman–Crippen LogP) is 1.23. The van der Waals surface area contributed by atoms with E-state index < -0.39 is 5.54 Å². The number of benzene rings is 1. The molecule has 0 aliphatic carbocycles. The van der Waals surface area contributed by atoms with Crippen LogP contribution in [0.5, 0.6) is 5.75 Å². The molecule has 0 aromatic heterocycles. The highest BCUT2D eigenvalue weighted by atomic mass is 16.5. The molecule has 1 aromatic rings. The highest BCUT2D eigenvalue weighted by Gasteiger charge is 2.20. The molecule has 0 heterocycles. The van der Waals surface area contributed by atoms with Gasteiger partial charge in [-0.25, -0.2) is 0 Å². The lowest BCUT2D eigenvalue weighted by atomic mass is 10.1. The van der Waals surface area contributed by atoms with Gasteiger partial charge in [0.05, 0.1) is 12.1 Å². The normalized spacial score (nSPS) is 11.1. The molecule has 0 fully saturated rings. The van der Waals surface area contributed by atoms with E-state index in [9.17, 15) is 4.79 Å². The number of nitrogens with two attached hydrogens (primary N) is 1. The fourth-order valence-electron chi connectivity index (χ4n) is 1.27. The third kappa shape index (κ3) is 4.87. The molecular formula is C13H20N2O2. The minimum Gasteiger partial charge on any atom is -0.492 e. The lowest BCUT2D eigenvalue weighted by Gasteiger charge is -2.17. The molecule has 0 saturated heterocycles. The fraction of sp³-hybridized carbons (Fsp3) is 0.462. The van der Waals surface area contributed by atoms with Crippen LogP contribution in [0.4, 0.5) is 0 Å². The topological polar surface area (TPSA) is 64.3 Å². The van der Waals surface area contributed by atoms with Crippen LogP contribution in [-0.2, 0) is 4.79 Å². The maximum absolute atomic E-state index is 11.4. The molecule has 1 amide bonds. The zero-order chi connectivity index (χ0) is 12.9. The summed E-state index contributed by atoms with van der Waals surface area (Å²) in [7, 11) is 0. The Morgan fingerprint density at radius 2 is 2.18 bits per heavy atom. The van der Waals surface area contributed by atoms with Crippen LogP contribution in [0.1, 0.15) is 19.4 Å². The van der Waals surface area contributed by atoms with Crippen LogP contribution in [0, 0.1) is 6.92 Å². The summed E-state index contributed by atoms with van der Waals surface area (Å²) in [6.45, 7) is 6.23. The van der Waals surface area contributed by atoms with Crippen LogP contribution >= 0.6 is 0 Å². The van der Waals surface area contributed by atoms with Crippen LogP contribution in [-0.4, -0.2) is 24.6 Å². The summed E-state index contributed by atoms with van der Waals surface area (Å²) >= 11 is 0. The Balaban J connectivity index is 2.28. The van der Waals surface area contributed by atoms with E-state index in [1.807, 2.05) is 31.2 Å². The van der Waals surface area contributed by atoms with Crippen molar-refractivity contribution in [3.8, 4) is 5.75 Å². The number of hydrogen-bond donors (Lipinski definition) is 2. The van der Waals surface area contributed by atoms with Crippen LogP contribution < -0.4 is 15.8 Å². The first-order chi connectivity index (χ1) is 7.89. The highest BCUT2D eigenvalue weighted by molar-refractivity contribution is 5.84. The second-order valence-electron chi connectivity index (χ2n) is 4.64. The Kier molecular flexibility index (Phi) is 4.52. The van der Waals surface area contributed by atoms with E-state index in [0.717, 1.165) is 11.3 Å². The molecule has 4 nitrogen and oxygen atoms in total. The minimum atomic E-state index is -0.844. The number of aryl methyl sites for hydroxylation is 1. The van der Waals surface area contributed by atoms with Gasteiger partial charge >= 0.3 is 0 Å². The first kappa shape index (κ1) is 13.5. The standard InChI is InChI=1S/C13H20N2O2/c1-10-5-4-6-11(9-10)17-8-7-15-12(16)13(2,3)14/h4-6,9H,7-8,14H2,1-3H3,(H,15,16). The Labute approximate surface area is 102 Å². The van der Waals surface area contributed by atoms with E-state index in [2.05, 4.69) is 5.32 Å². The molecule has 17 heavy (non-hydrogen) atoms. The summed E-state index contributed by atoms with van der Waals surface area (Å²) < 4.78 is 5.49. The third-order valence-corrected chi connectivity index (χ3v) is 2.23. The van der Waals surface area contributed by atoms with Crippen molar-refractivity contribution in [1.82, 2.24) is 5.32 Å². The quantitative estimate of drug-likeness (QED) is 0.756. The lowest BCUT2D eigenvalue weighted by molar-refractivity contribution is -0.125. The molecule has 94 valence electrons. The lowest BCUT2D eigenvalue weighted by Crippen LogP contribution is -2.49. The first-order valence-electron chi connectivity index (χ1n) is 5.66. The van der Waals surface area contributed by atoms with Gasteiger partial charge < -0.3 is 15.8 Å². The van der Waals surface area contributed by atoms with Crippen molar-refractivity contribution in [2.24, 2.45) is 5.73 Å². The highest BCUT2D eigenvalue weighted by Crippen LogP contribution is 2.11. The molecule has 1 aromatic carbocycles. The molecule has 0 saturated carbocycles. The van der Waals surface area contributed by atoms with Gasteiger partial charge in [-0.3, -0.25) is 4.79 Å². The second-order valence-corrected chi connectivity index (χ2v) is 4.64. The predicted molar refractivity (Wildman–Crippen MR) is 68.0 cm³/mol. The van der Waals surface area contributed by atoms with E-state index in [-0.39, 0.29) is 5.91 Å². The Morgan fingerprint density at radius 3 is 2.76 bits per heavy atom. The van der Waals surface area contributed by atoms with Crippen molar-refractivity contribution in [2.75, 3.05) is 13.2 Å². The Hall–Kier alpha value is -1.55. The fourth-order valence-corrected chi connectivity index (χ4v) is 1.27. The van der Waals surface area contributed by atoms with E-state index in [1.165, 1.54) is 0 Å². The number of carbonyl (C=O) groups is 1. The molecule has 0 aliphatic rings. The van der Waals surface area contributed by atoms with Gasteiger partial charge in [0.15, 0.2) is 0 Å². The van der Waals surface area contributed by atoms with Crippen LogP contribution in [0.3, 0.4) is 0 Å². The van der Waals surface area contributed by atoms with E-state index in [1.54, 1.807) is 13.8 Å². The van der Waals surface area contributed by atoms with Crippen molar-refractivity contribution in [3.05, 3.63) is 29.8 Å². The molecule has 0 radical (unpaired) electrons. The molecular weight excluding hydrogens is 216 g/mol. The molecule has 0 atom stereocenters. The smallest absolute Gasteiger partial charge is 0.239 e. The summed E-state index contributed by atoms with van der Waals surface area (Å²) in [6, 6.07) is 7.79. The van der Waals surface area contributed by atoms with Gasteiger partial charge in [0.1, 0.15) is 12.4 Å². The molecule has 0 unspecified atom stereocenters. The first-order valence-corrected chi connectivity index (χ1v) is 5.66. The van der Waals surface area contributed by atoms with E-state index >= 15 is 0 Å². The maximum atomic E-state index is 11.4. The van der Waals surface area contributed by atoms with Crippen LogP contribution in [0.25, 0.3) is 0 Å². The van der Waals surface area contributed by atoms with Gasteiger partial charge in [-0.1, -0.05) is 12.1 Å². The second kappa shape index (κ2) is 5.68. The summed E-state index contributed by atoms with van der Waals surface area (Å²) in [6.07, 6.45) is 0. The number of ether oxygens (including phenoxy) is 1. The van der Waals surface area contributed by atoms with Crippen LogP contribution in [0.15, 0.2) is 24.3 Å². The molecule has 0 aliphatic heterocycles. The van der Waals surface area contributed by atoms with Gasteiger partial charge in [0, 0.05) is 0 Å². The van der Waals surface area contributed by atoms with Gasteiger partial charge in [0.25, 0.3) is 0 Å². The number of hydrogen-bond acceptors (Lipinski definition) is 3. The van der Waals surface area contributed by atoms with Crippen LogP contribution in [0.2, 0.25) is 0 Å². The molecule has 4 heteroatoms. The third-order valence-electron chi connectivity index (χ3n) is 2.23. The Morgan fingerprint density at radius 1 is 1.47 bits per heavy atom. The SMILES string of the molecule is Cc1cccc(OCCNC(=O)C(C)(C)N)c1. The number of nitrogens with one attached hydrogen (secondary N) is 1. The average molecular weight is 236 g/mol. The maximum Gasteiger partial charge on any atom is 0.239 e. The zero-order valence-corrected chi connectivity index (χ0v) is 10.6. The summed E-state index contributed by atoms with van der Waals surface area (Å²) in [5, 5.41) is 2.72. The van der Waals surface area contributed by atoms with Gasteiger partial charge in [-0.2, -0.15) is 0 Å². The van der Waals surface area contributed by atoms with E-state index in [0.29, 0.717) is 13.2 Å². The molecule has 0 bridgehead atoms. The summed E-state index contributed by atoms with van der Waals surface area (Å²) in [5.41, 5.74) is 5.94. The number of rotatable bonds is 5. The molecule has 3 N–H and O–H groups in total. The monoisotopic (exact) mass is 236 g/mol. The average Bonchev–Trinajstić information content (AvgIpc) is 2.23. The number of carbonyl (C=O) groups excluding carboxylic acids is 1. The van der Waals surface area contributed by atoms with Gasteiger partial charge in [-0.05, 0) is 38.5 Å².